The molecule has 1 aliphatic carbocycles. The van der Waals surface area contributed by atoms with Crippen molar-refractivity contribution in [2.75, 3.05) is 7.05 Å². The summed E-state index contributed by atoms with van der Waals surface area (Å²) in [5.41, 5.74) is 3.94. The average Bonchev–Trinajstić information content (AvgIpc) is 2.75. The molecule has 0 bridgehead atoms. The number of aryl methyl sites for hydroxylation is 1. The number of nitrogens with one attached hydrogen (secondary N) is 2. The largest absolute Gasteiger partial charge is 0.478 e. The fourth-order valence-corrected chi connectivity index (χ4v) is 2.80. The first-order valence-corrected chi connectivity index (χ1v) is 6.23. The molecule has 0 spiro atoms. The Morgan fingerprint density at radius 1 is 1.50 bits per heavy atom. The van der Waals surface area contributed by atoms with Gasteiger partial charge in [0.05, 0.1) is 5.56 Å². The van der Waals surface area contributed by atoms with Crippen molar-refractivity contribution in [1.82, 2.24) is 10.3 Å². The van der Waals surface area contributed by atoms with E-state index in [1.807, 2.05) is 13.1 Å². The number of fused-ring (bicyclic) bond motifs is 3. The molecule has 0 saturated carbocycles. The number of H-pyrrole nitrogens is 1. The van der Waals surface area contributed by atoms with E-state index in [2.05, 4.69) is 10.3 Å². The zero-order valence-corrected chi connectivity index (χ0v) is 10.3. The number of likely N-dealkylation sites (N-methyl/N-ethyl adjacent to an activating group) is 1. The Bertz CT molecular complexity index is 616. The fourth-order valence-electron chi connectivity index (χ4n) is 2.80. The maximum absolute atomic E-state index is 11.0. The Morgan fingerprint density at radius 3 is 3.06 bits per heavy atom. The van der Waals surface area contributed by atoms with Crippen molar-refractivity contribution in [2.45, 2.75) is 25.3 Å². The topological polar surface area (TPSA) is 65.1 Å². The second kappa shape index (κ2) is 4.14. The summed E-state index contributed by atoms with van der Waals surface area (Å²) in [4.78, 5) is 14.4. The molecule has 0 amide bonds. The van der Waals surface area contributed by atoms with E-state index in [0.29, 0.717) is 11.6 Å². The predicted molar refractivity (Wildman–Crippen MR) is 70.1 cm³/mol. The molecule has 3 N–H and O–H groups in total. The third kappa shape index (κ3) is 1.69. The quantitative estimate of drug-likeness (QED) is 0.756. The maximum Gasteiger partial charge on any atom is 0.335 e. The van der Waals surface area contributed by atoms with E-state index < -0.39 is 5.97 Å². The average molecular weight is 244 g/mol. The highest BCUT2D eigenvalue weighted by atomic mass is 16.4. The molecule has 1 aliphatic rings. The Balaban J connectivity index is 2.14. The highest BCUT2D eigenvalue weighted by Gasteiger charge is 2.21. The smallest absolute Gasteiger partial charge is 0.335 e. The minimum atomic E-state index is -0.868. The molecule has 3 rings (SSSR count). The molecule has 1 atom stereocenters. The Labute approximate surface area is 105 Å². The van der Waals surface area contributed by atoms with Gasteiger partial charge in [-0.05, 0) is 50.1 Å². The predicted octanol–water partition coefficient (Wildman–Crippen LogP) is 1.94. The third-order valence-corrected chi connectivity index (χ3v) is 3.84. The van der Waals surface area contributed by atoms with Crippen LogP contribution in [0, 0.1) is 0 Å². The molecule has 4 nitrogen and oxygen atoms in total. The lowest BCUT2D eigenvalue weighted by Gasteiger charge is -2.21. The van der Waals surface area contributed by atoms with Crippen LogP contribution in [0.4, 0.5) is 0 Å². The number of benzene rings is 1. The van der Waals surface area contributed by atoms with E-state index in [1.54, 1.807) is 12.1 Å². The van der Waals surface area contributed by atoms with E-state index in [0.717, 1.165) is 30.2 Å². The second-order valence-electron chi connectivity index (χ2n) is 4.88. The zero-order valence-electron chi connectivity index (χ0n) is 10.3. The second-order valence-corrected chi connectivity index (χ2v) is 4.88. The van der Waals surface area contributed by atoms with E-state index >= 15 is 0 Å². The Hall–Kier alpha value is -1.81. The van der Waals surface area contributed by atoms with Gasteiger partial charge in [-0.3, -0.25) is 0 Å². The molecular weight excluding hydrogens is 228 g/mol. The van der Waals surface area contributed by atoms with Crippen molar-refractivity contribution in [2.24, 2.45) is 0 Å². The van der Waals surface area contributed by atoms with Crippen LogP contribution in [-0.4, -0.2) is 29.1 Å². The maximum atomic E-state index is 11.0. The number of carboxylic acid groups (broad SMARTS) is 1. The molecule has 94 valence electrons. The highest BCUT2D eigenvalue weighted by Crippen LogP contribution is 2.29. The Morgan fingerprint density at radius 2 is 2.33 bits per heavy atom. The van der Waals surface area contributed by atoms with Crippen LogP contribution in [0.15, 0.2) is 18.2 Å². The molecule has 1 aromatic heterocycles. The lowest BCUT2D eigenvalue weighted by molar-refractivity contribution is 0.0697. The number of hydrogen-bond acceptors (Lipinski definition) is 2. The van der Waals surface area contributed by atoms with Crippen LogP contribution in [0.5, 0.6) is 0 Å². The summed E-state index contributed by atoms with van der Waals surface area (Å²) >= 11 is 0. The van der Waals surface area contributed by atoms with Crippen molar-refractivity contribution in [3.8, 4) is 0 Å². The number of rotatable bonds is 2. The summed E-state index contributed by atoms with van der Waals surface area (Å²) in [7, 11) is 1.98. The van der Waals surface area contributed by atoms with Crippen LogP contribution in [0.25, 0.3) is 10.9 Å². The number of aromatic carboxylic acids is 1. The normalized spacial score (nSPS) is 18.8. The van der Waals surface area contributed by atoms with E-state index in [-0.39, 0.29) is 0 Å². The summed E-state index contributed by atoms with van der Waals surface area (Å²) in [6, 6.07) is 5.79. The standard InChI is InChI=1S/C14H16N2O2/c1-15-9-3-5-13-11(7-9)10-6-8(14(17)18)2-4-12(10)16-13/h2,4,6,9,15-16H,3,5,7H2,1H3,(H,17,18). The van der Waals surface area contributed by atoms with Crippen LogP contribution in [0.3, 0.4) is 0 Å². The van der Waals surface area contributed by atoms with E-state index in [4.69, 9.17) is 5.11 Å². The molecule has 1 unspecified atom stereocenters. The summed E-state index contributed by atoms with van der Waals surface area (Å²) in [5, 5.41) is 13.4. The lowest BCUT2D eigenvalue weighted by atomic mass is 9.91. The number of aromatic nitrogens is 1. The zero-order chi connectivity index (χ0) is 12.7. The summed E-state index contributed by atoms with van der Waals surface area (Å²) < 4.78 is 0. The molecule has 2 aromatic rings. The molecule has 1 heterocycles. The first kappa shape index (κ1) is 11.3. The van der Waals surface area contributed by atoms with Crippen LogP contribution in [-0.2, 0) is 12.8 Å². The van der Waals surface area contributed by atoms with Gasteiger partial charge in [0, 0.05) is 22.6 Å². The number of carbonyl (C=O) groups is 1. The van der Waals surface area contributed by atoms with Gasteiger partial charge in [0.25, 0.3) is 0 Å². The van der Waals surface area contributed by atoms with Crippen LogP contribution < -0.4 is 5.32 Å². The van der Waals surface area contributed by atoms with Gasteiger partial charge in [-0.2, -0.15) is 0 Å². The van der Waals surface area contributed by atoms with E-state index in [9.17, 15) is 4.79 Å². The van der Waals surface area contributed by atoms with E-state index in [1.165, 1.54) is 11.3 Å². The fraction of sp³-hybridized carbons (Fsp3) is 0.357. The molecule has 18 heavy (non-hydrogen) atoms. The van der Waals surface area contributed by atoms with Gasteiger partial charge in [-0.25, -0.2) is 4.79 Å². The summed E-state index contributed by atoms with van der Waals surface area (Å²) in [6.07, 6.45) is 3.12. The van der Waals surface area contributed by atoms with Crippen molar-refractivity contribution < 1.29 is 9.90 Å². The molecule has 1 aromatic carbocycles. The molecule has 4 heteroatoms. The molecule has 0 radical (unpaired) electrons. The molecule has 0 fully saturated rings. The number of hydrogen-bond donors (Lipinski definition) is 3. The number of aromatic amines is 1. The van der Waals surface area contributed by atoms with Crippen LogP contribution in [0.1, 0.15) is 28.0 Å². The SMILES string of the molecule is CNC1CCc2[nH]c3ccc(C(=O)O)cc3c2C1. The van der Waals surface area contributed by atoms with Gasteiger partial charge in [0.2, 0.25) is 0 Å². The van der Waals surface area contributed by atoms with Crippen LogP contribution >= 0.6 is 0 Å². The first-order chi connectivity index (χ1) is 8.69. The minimum Gasteiger partial charge on any atom is -0.478 e. The van der Waals surface area contributed by atoms with Gasteiger partial charge < -0.3 is 15.4 Å². The lowest BCUT2D eigenvalue weighted by Crippen LogP contribution is -2.31. The van der Waals surface area contributed by atoms with Crippen molar-refractivity contribution in [3.05, 3.63) is 35.0 Å². The summed E-state index contributed by atoms with van der Waals surface area (Å²) in [6.45, 7) is 0. The van der Waals surface area contributed by atoms with Gasteiger partial charge in [0.1, 0.15) is 0 Å². The molecule has 0 aliphatic heterocycles. The van der Waals surface area contributed by atoms with Gasteiger partial charge in [-0.1, -0.05) is 0 Å². The van der Waals surface area contributed by atoms with Gasteiger partial charge in [-0.15, -0.1) is 0 Å². The van der Waals surface area contributed by atoms with Gasteiger partial charge >= 0.3 is 5.97 Å². The number of carboxylic acids is 1. The monoisotopic (exact) mass is 244 g/mol. The summed E-state index contributed by atoms with van der Waals surface area (Å²) in [5.74, 6) is -0.868. The van der Waals surface area contributed by atoms with Crippen molar-refractivity contribution in [1.29, 1.82) is 0 Å². The molecular formula is C14H16N2O2. The van der Waals surface area contributed by atoms with Crippen molar-refractivity contribution in [3.63, 3.8) is 0 Å². The Kier molecular flexibility index (Phi) is 2.59. The highest BCUT2D eigenvalue weighted by molar-refractivity contribution is 5.95. The van der Waals surface area contributed by atoms with Gasteiger partial charge in [0.15, 0.2) is 0 Å². The van der Waals surface area contributed by atoms with Crippen LogP contribution in [0.2, 0.25) is 0 Å². The molecule has 0 saturated heterocycles. The van der Waals surface area contributed by atoms with Crippen molar-refractivity contribution >= 4 is 16.9 Å². The minimum absolute atomic E-state index is 0.357. The third-order valence-electron chi connectivity index (χ3n) is 3.84. The first-order valence-electron chi connectivity index (χ1n) is 6.23.